The predicted octanol–water partition coefficient (Wildman–Crippen LogP) is 4.10. The maximum atomic E-state index is 11.9. The number of hydrogen-bond donors (Lipinski definition) is 2. The van der Waals surface area contributed by atoms with Gasteiger partial charge in [-0.25, -0.2) is 0 Å². The Balaban J connectivity index is 1.67. The zero-order valence-corrected chi connectivity index (χ0v) is 15.6. The first kappa shape index (κ1) is 16.7. The SMILES string of the molecule is Cc1ccc(C(=O)NCCNCc2cc(Br)c(Br)s2)cc1. The number of carbonyl (C=O) groups excluding carboxylic acids is 1. The molecular weight excluding hydrogens is 416 g/mol. The van der Waals surface area contributed by atoms with Crippen LogP contribution in [0.15, 0.2) is 38.6 Å². The summed E-state index contributed by atoms with van der Waals surface area (Å²) in [4.78, 5) is 13.1. The van der Waals surface area contributed by atoms with Crippen molar-refractivity contribution in [2.24, 2.45) is 0 Å². The Labute approximate surface area is 145 Å². The van der Waals surface area contributed by atoms with Gasteiger partial charge in [-0.15, -0.1) is 11.3 Å². The van der Waals surface area contributed by atoms with E-state index in [-0.39, 0.29) is 5.91 Å². The van der Waals surface area contributed by atoms with Gasteiger partial charge in [0, 0.05) is 34.5 Å². The van der Waals surface area contributed by atoms with Gasteiger partial charge in [0.05, 0.1) is 3.79 Å². The molecule has 0 saturated carbocycles. The molecule has 0 unspecified atom stereocenters. The van der Waals surface area contributed by atoms with Gasteiger partial charge in [0.1, 0.15) is 0 Å². The van der Waals surface area contributed by atoms with Crippen molar-refractivity contribution in [1.29, 1.82) is 0 Å². The number of benzene rings is 1. The third-order valence-corrected chi connectivity index (χ3v) is 6.15. The molecule has 112 valence electrons. The van der Waals surface area contributed by atoms with Crippen LogP contribution in [0.3, 0.4) is 0 Å². The van der Waals surface area contributed by atoms with Crippen LogP contribution in [0.4, 0.5) is 0 Å². The van der Waals surface area contributed by atoms with E-state index in [1.54, 1.807) is 11.3 Å². The zero-order chi connectivity index (χ0) is 15.2. The van der Waals surface area contributed by atoms with Gasteiger partial charge in [0.15, 0.2) is 0 Å². The number of rotatable bonds is 6. The fraction of sp³-hybridized carbons (Fsp3) is 0.267. The minimum atomic E-state index is -0.0292. The summed E-state index contributed by atoms with van der Waals surface area (Å²) in [6.45, 7) is 4.16. The van der Waals surface area contributed by atoms with Crippen molar-refractivity contribution in [3.05, 3.63) is 54.6 Å². The molecule has 2 rings (SSSR count). The van der Waals surface area contributed by atoms with E-state index in [1.165, 1.54) is 4.88 Å². The second-order valence-electron chi connectivity index (χ2n) is 4.63. The number of nitrogens with one attached hydrogen (secondary N) is 2. The Hall–Kier alpha value is -0.690. The summed E-state index contributed by atoms with van der Waals surface area (Å²) in [6.07, 6.45) is 0. The molecule has 0 aliphatic carbocycles. The van der Waals surface area contributed by atoms with Crippen molar-refractivity contribution in [3.8, 4) is 0 Å². The minimum Gasteiger partial charge on any atom is -0.351 e. The predicted molar refractivity (Wildman–Crippen MR) is 94.9 cm³/mol. The van der Waals surface area contributed by atoms with Gasteiger partial charge in [0.2, 0.25) is 0 Å². The highest BCUT2D eigenvalue weighted by Gasteiger charge is 2.05. The topological polar surface area (TPSA) is 41.1 Å². The lowest BCUT2D eigenvalue weighted by Crippen LogP contribution is -2.31. The highest BCUT2D eigenvalue weighted by Crippen LogP contribution is 2.32. The van der Waals surface area contributed by atoms with Crippen LogP contribution < -0.4 is 10.6 Å². The molecule has 2 aromatic rings. The van der Waals surface area contributed by atoms with E-state index in [1.807, 2.05) is 31.2 Å². The van der Waals surface area contributed by atoms with Crippen LogP contribution >= 0.6 is 43.2 Å². The lowest BCUT2D eigenvalue weighted by atomic mass is 10.1. The van der Waals surface area contributed by atoms with Crippen LogP contribution in [0.25, 0.3) is 0 Å². The molecule has 3 nitrogen and oxygen atoms in total. The van der Waals surface area contributed by atoms with Gasteiger partial charge in [-0.05, 0) is 57.0 Å². The van der Waals surface area contributed by atoms with E-state index in [9.17, 15) is 4.79 Å². The molecule has 0 aliphatic rings. The van der Waals surface area contributed by atoms with Crippen molar-refractivity contribution >= 4 is 49.1 Å². The van der Waals surface area contributed by atoms with Gasteiger partial charge in [0.25, 0.3) is 5.91 Å². The van der Waals surface area contributed by atoms with Crippen molar-refractivity contribution in [1.82, 2.24) is 10.6 Å². The first-order chi connectivity index (χ1) is 10.1. The Morgan fingerprint density at radius 1 is 1.19 bits per heavy atom. The Bertz CT molecular complexity index is 591. The molecule has 1 aromatic heterocycles. The summed E-state index contributed by atoms with van der Waals surface area (Å²) in [6, 6.07) is 9.67. The third-order valence-electron chi connectivity index (χ3n) is 2.90. The molecule has 0 saturated heterocycles. The van der Waals surface area contributed by atoms with Crippen LogP contribution in [0, 0.1) is 6.92 Å². The van der Waals surface area contributed by atoms with Crippen LogP contribution in [0.1, 0.15) is 20.8 Å². The summed E-state index contributed by atoms with van der Waals surface area (Å²) in [5.74, 6) is -0.0292. The van der Waals surface area contributed by atoms with Crippen molar-refractivity contribution in [2.45, 2.75) is 13.5 Å². The van der Waals surface area contributed by atoms with Crippen molar-refractivity contribution in [2.75, 3.05) is 13.1 Å². The Kier molecular flexibility index (Phi) is 6.41. The highest BCUT2D eigenvalue weighted by molar-refractivity contribution is 9.13. The second-order valence-corrected chi connectivity index (χ2v) is 7.94. The standard InChI is InChI=1S/C15H16Br2N2OS/c1-10-2-4-11(5-3-10)15(20)19-7-6-18-9-12-8-13(16)14(17)21-12/h2-5,8,18H,6-7,9H2,1H3,(H,19,20). The monoisotopic (exact) mass is 430 g/mol. The zero-order valence-electron chi connectivity index (χ0n) is 11.6. The van der Waals surface area contributed by atoms with Gasteiger partial charge < -0.3 is 10.6 Å². The lowest BCUT2D eigenvalue weighted by molar-refractivity contribution is 0.0954. The molecule has 21 heavy (non-hydrogen) atoms. The Morgan fingerprint density at radius 3 is 2.52 bits per heavy atom. The minimum absolute atomic E-state index is 0.0292. The van der Waals surface area contributed by atoms with Crippen LogP contribution in [-0.2, 0) is 6.54 Å². The summed E-state index contributed by atoms with van der Waals surface area (Å²) in [5.41, 5.74) is 1.85. The molecule has 1 amide bonds. The van der Waals surface area contributed by atoms with Crippen LogP contribution in [-0.4, -0.2) is 19.0 Å². The molecule has 0 bridgehead atoms. The fourth-order valence-electron chi connectivity index (χ4n) is 1.76. The van der Waals surface area contributed by atoms with Gasteiger partial charge in [-0.3, -0.25) is 4.79 Å². The van der Waals surface area contributed by atoms with Crippen LogP contribution in [0.5, 0.6) is 0 Å². The molecule has 0 atom stereocenters. The number of amides is 1. The molecule has 0 aliphatic heterocycles. The van der Waals surface area contributed by atoms with Gasteiger partial charge in [-0.1, -0.05) is 17.7 Å². The van der Waals surface area contributed by atoms with E-state index < -0.39 is 0 Å². The molecule has 0 fully saturated rings. The first-order valence-electron chi connectivity index (χ1n) is 6.55. The maximum Gasteiger partial charge on any atom is 0.251 e. The number of carbonyl (C=O) groups is 1. The quantitative estimate of drug-likeness (QED) is 0.676. The van der Waals surface area contributed by atoms with Gasteiger partial charge >= 0.3 is 0 Å². The fourth-order valence-corrected chi connectivity index (χ4v) is 3.91. The second kappa shape index (κ2) is 8.08. The number of hydrogen-bond acceptors (Lipinski definition) is 3. The van der Waals surface area contributed by atoms with E-state index in [2.05, 4.69) is 48.6 Å². The molecule has 2 N–H and O–H groups in total. The summed E-state index contributed by atoms with van der Waals surface area (Å²) >= 11 is 8.64. The summed E-state index contributed by atoms with van der Waals surface area (Å²) in [7, 11) is 0. The molecule has 1 heterocycles. The molecule has 1 aromatic carbocycles. The molecule has 0 radical (unpaired) electrons. The number of halogens is 2. The van der Waals surface area contributed by atoms with Gasteiger partial charge in [-0.2, -0.15) is 0 Å². The van der Waals surface area contributed by atoms with E-state index in [0.29, 0.717) is 12.1 Å². The first-order valence-corrected chi connectivity index (χ1v) is 8.96. The average Bonchev–Trinajstić information content (AvgIpc) is 2.78. The molecule has 6 heteroatoms. The Morgan fingerprint density at radius 2 is 1.90 bits per heavy atom. The van der Waals surface area contributed by atoms with E-state index in [4.69, 9.17) is 0 Å². The number of thiophene rings is 1. The normalized spacial score (nSPS) is 10.6. The van der Waals surface area contributed by atoms with Crippen molar-refractivity contribution in [3.63, 3.8) is 0 Å². The van der Waals surface area contributed by atoms with Crippen molar-refractivity contribution < 1.29 is 4.79 Å². The van der Waals surface area contributed by atoms with Crippen LogP contribution in [0.2, 0.25) is 0 Å². The molecular formula is C15H16Br2N2OS. The maximum absolute atomic E-state index is 11.9. The number of aryl methyl sites for hydroxylation is 1. The van der Waals surface area contributed by atoms with E-state index in [0.717, 1.165) is 26.9 Å². The average molecular weight is 432 g/mol. The highest BCUT2D eigenvalue weighted by atomic mass is 79.9. The smallest absolute Gasteiger partial charge is 0.251 e. The molecule has 0 spiro atoms. The summed E-state index contributed by atoms with van der Waals surface area (Å²) in [5, 5.41) is 6.22. The third kappa shape index (κ3) is 5.21. The lowest BCUT2D eigenvalue weighted by Gasteiger charge is -2.06. The largest absolute Gasteiger partial charge is 0.351 e. The van der Waals surface area contributed by atoms with E-state index >= 15 is 0 Å². The summed E-state index contributed by atoms with van der Waals surface area (Å²) < 4.78 is 2.18.